The van der Waals surface area contributed by atoms with E-state index in [9.17, 15) is 4.79 Å². The number of carbonyl (C=O) groups excluding carboxylic acids is 1. The van der Waals surface area contributed by atoms with Crippen LogP contribution in [0.2, 0.25) is 0 Å². The first kappa shape index (κ1) is 28.9. The van der Waals surface area contributed by atoms with Crippen molar-refractivity contribution in [1.82, 2.24) is 19.8 Å². The fourth-order valence-electron chi connectivity index (χ4n) is 6.45. The van der Waals surface area contributed by atoms with Crippen molar-refractivity contribution in [3.05, 3.63) is 57.7 Å². The summed E-state index contributed by atoms with van der Waals surface area (Å²) in [4.78, 5) is 29.5. The molecule has 1 aromatic heterocycles. The van der Waals surface area contributed by atoms with E-state index in [0.717, 1.165) is 83.0 Å². The van der Waals surface area contributed by atoms with Crippen LogP contribution in [0.3, 0.4) is 0 Å². The molecule has 0 amide bonds. The van der Waals surface area contributed by atoms with E-state index in [-0.39, 0.29) is 5.78 Å². The van der Waals surface area contributed by atoms with Gasteiger partial charge in [0.15, 0.2) is 5.78 Å². The van der Waals surface area contributed by atoms with Gasteiger partial charge in [-0.05, 0) is 78.8 Å². The van der Waals surface area contributed by atoms with Gasteiger partial charge in [0.05, 0.1) is 23.0 Å². The van der Waals surface area contributed by atoms with Crippen LogP contribution in [0.1, 0.15) is 47.2 Å². The lowest BCUT2D eigenvalue weighted by Gasteiger charge is -2.42. The van der Waals surface area contributed by atoms with E-state index < -0.39 is 0 Å². The molecular weight excluding hydrogens is 594 g/mol. The fourth-order valence-corrected chi connectivity index (χ4v) is 6.74. The van der Waals surface area contributed by atoms with Crippen molar-refractivity contribution in [3.8, 4) is 5.75 Å². The summed E-state index contributed by atoms with van der Waals surface area (Å²) in [5.41, 5.74) is 5.76. The molecule has 3 aliphatic rings. The molecule has 3 aromatic rings. The molecule has 2 N–H and O–H groups in total. The summed E-state index contributed by atoms with van der Waals surface area (Å²) < 4.78 is 6.60. The van der Waals surface area contributed by atoms with Gasteiger partial charge in [-0.1, -0.05) is 12.1 Å². The molecule has 0 atom stereocenters. The van der Waals surface area contributed by atoms with Crippen LogP contribution in [-0.2, 0) is 6.42 Å². The van der Waals surface area contributed by atoms with Gasteiger partial charge in [0.1, 0.15) is 11.6 Å². The normalized spacial score (nSPS) is 18.6. The predicted molar refractivity (Wildman–Crippen MR) is 172 cm³/mol. The number of halogens is 1. The number of aryl methyl sites for hydroxylation is 2. The third-order valence-electron chi connectivity index (χ3n) is 8.91. The number of piperazine rings is 1. The Morgan fingerprint density at radius 1 is 1.00 bits per heavy atom. The maximum absolute atomic E-state index is 12.7. The van der Waals surface area contributed by atoms with Crippen LogP contribution in [0, 0.1) is 6.92 Å². The summed E-state index contributed by atoms with van der Waals surface area (Å²) in [6.45, 7) is 8.81. The molecule has 0 spiro atoms. The second kappa shape index (κ2) is 12.6. The number of carbonyl (C=O) groups is 1. The highest BCUT2D eigenvalue weighted by Crippen LogP contribution is 2.37. The molecule has 42 heavy (non-hydrogen) atoms. The number of ketones is 1. The Bertz CT molecular complexity index is 1450. The first-order valence-electron chi connectivity index (χ1n) is 15.0. The van der Waals surface area contributed by atoms with Gasteiger partial charge < -0.3 is 25.2 Å². The standard InChI is InChI=1S/C32H40BrN7O2/c1-21-18-27(40-12-10-23(11-13-40)39-16-14-38(2)15-17-39)29(42-3)19-26(21)36-32-34-20-24(33)31(37-32)35-25-8-4-6-22-7-5-9-28(41)30(22)25/h4,6,8,18-20,23H,5,7,9-17H2,1-3H3,(H2,34,35,36,37). The number of piperidine rings is 1. The van der Waals surface area contributed by atoms with E-state index in [2.05, 4.69) is 66.3 Å². The van der Waals surface area contributed by atoms with Gasteiger partial charge in [-0.15, -0.1) is 0 Å². The molecule has 3 heterocycles. The Morgan fingerprint density at radius 3 is 2.55 bits per heavy atom. The second-order valence-corrected chi connectivity index (χ2v) is 12.5. The molecule has 2 fully saturated rings. The molecule has 0 unspecified atom stereocenters. The summed E-state index contributed by atoms with van der Waals surface area (Å²) in [6, 6.07) is 10.9. The number of methoxy groups -OCH3 is 1. The number of likely N-dealkylation sites (N-methyl/N-ethyl adjacent to an activating group) is 1. The number of hydrogen-bond acceptors (Lipinski definition) is 9. The highest BCUT2D eigenvalue weighted by atomic mass is 79.9. The van der Waals surface area contributed by atoms with Crippen LogP contribution in [-0.4, -0.2) is 85.0 Å². The number of benzene rings is 2. The molecule has 0 saturated carbocycles. The van der Waals surface area contributed by atoms with Gasteiger partial charge in [0.2, 0.25) is 5.95 Å². The van der Waals surface area contributed by atoms with Crippen LogP contribution < -0.4 is 20.3 Å². The van der Waals surface area contributed by atoms with Crippen molar-refractivity contribution < 1.29 is 9.53 Å². The zero-order valence-electron chi connectivity index (χ0n) is 24.8. The maximum atomic E-state index is 12.7. The van der Waals surface area contributed by atoms with Crippen LogP contribution in [0.15, 0.2) is 41.0 Å². The van der Waals surface area contributed by atoms with E-state index >= 15 is 0 Å². The maximum Gasteiger partial charge on any atom is 0.229 e. The topological polar surface area (TPSA) is 85.9 Å². The van der Waals surface area contributed by atoms with Gasteiger partial charge in [0, 0.05) is 75.2 Å². The van der Waals surface area contributed by atoms with Crippen LogP contribution in [0.5, 0.6) is 5.75 Å². The van der Waals surface area contributed by atoms with Gasteiger partial charge in [-0.3, -0.25) is 9.69 Å². The molecule has 222 valence electrons. The SMILES string of the molecule is COc1cc(Nc2ncc(Br)c(Nc3cccc4c3C(=O)CCC4)n2)c(C)cc1N1CCC(N2CCN(C)CC2)CC1. The third-order valence-corrected chi connectivity index (χ3v) is 9.49. The predicted octanol–water partition coefficient (Wildman–Crippen LogP) is 5.78. The molecular formula is C32H40BrN7O2. The van der Waals surface area contributed by atoms with Crippen LogP contribution >= 0.6 is 15.9 Å². The summed E-state index contributed by atoms with van der Waals surface area (Å²) in [5.74, 6) is 2.08. The number of Topliss-reactive ketones (excluding diaryl/α,β-unsaturated/α-hetero) is 1. The summed E-state index contributed by atoms with van der Waals surface area (Å²) in [6.07, 6.45) is 6.46. The fraction of sp³-hybridized carbons (Fsp3) is 0.469. The van der Waals surface area contributed by atoms with Gasteiger partial charge in [-0.25, -0.2) is 4.98 Å². The molecule has 0 bridgehead atoms. The zero-order chi connectivity index (χ0) is 29.2. The van der Waals surface area contributed by atoms with Crippen LogP contribution in [0.25, 0.3) is 0 Å². The molecule has 2 aromatic carbocycles. The van der Waals surface area contributed by atoms with Crippen molar-refractivity contribution in [2.75, 3.05) is 69.0 Å². The minimum Gasteiger partial charge on any atom is -0.495 e. The lowest BCUT2D eigenvalue weighted by Crippen LogP contribution is -2.52. The van der Waals surface area contributed by atoms with E-state index in [0.29, 0.717) is 24.2 Å². The quantitative estimate of drug-likeness (QED) is 0.336. The first-order chi connectivity index (χ1) is 20.4. The van der Waals surface area contributed by atoms with E-state index in [1.54, 1.807) is 13.3 Å². The number of nitrogens with zero attached hydrogens (tertiary/aromatic N) is 5. The minimum absolute atomic E-state index is 0.175. The van der Waals surface area contributed by atoms with Crippen LogP contribution in [0.4, 0.5) is 28.8 Å². The lowest BCUT2D eigenvalue weighted by atomic mass is 9.89. The number of ether oxygens (including phenoxy) is 1. The first-order valence-corrected chi connectivity index (χ1v) is 15.8. The van der Waals surface area contributed by atoms with E-state index in [1.165, 1.54) is 25.9 Å². The Labute approximate surface area is 256 Å². The summed E-state index contributed by atoms with van der Waals surface area (Å²) in [7, 11) is 3.94. The van der Waals surface area contributed by atoms with Crippen molar-refractivity contribution in [2.45, 2.75) is 45.1 Å². The van der Waals surface area contributed by atoms with Crippen molar-refractivity contribution in [2.24, 2.45) is 0 Å². The zero-order valence-corrected chi connectivity index (χ0v) is 26.3. The molecule has 2 saturated heterocycles. The molecule has 1 aliphatic carbocycles. The van der Waals surface area contributed by atoms with E-state index in [1.807, 2.05) is 24.3 Å². The van der Waals surface area contributed by atoms with Gasteiger partial charge in [-0.2, -0.15) is 4.98 Å². The lowest BCUT2D eigenvalue weighted by molar-refractivity contribution is 0.0973. The average molecular weight is 635 g/mol. The minimum atomic E-state index is 0.175. The molecule has 2 aliphatic heterocycles. The molecule has 10 heteroatoms. The summed E-state index contributed by atoms with van der Waals surface area (Å²) in [5, 5.41) is 6.78. The van der Waals surface area contributed by atoms with Gasteiger partial charge in [0.25, 0.3) is 0 Å². The smallest absolute Gasteiger partial charge is 0.229 e. The number of nitrogens with one attached hydrogen (secondary N) is 2. The van der Waals surface area contributed by atoms with Gasteiger partial charge >= 0.3 is 0 Å². The molecule has 0 radical (unpaired) electrons. The van der Waals surface area contributed by atoms with E-state index in [4.69, 9.17) is 9.72 Å². The largest absolute Gasteiger partial charge is 0.495 e. The summed E-state index contributed by atoms with van der Waals surface area (Å²) >= 11 is 3.58. The Balaban J connectivity index is 1.17. The van der Waals surface area contributed by atoms with Crippen molar-refractivity contribution in [3.63, 3.8) is 0 Å². The number of fused-ring (bicyclic) bond motifs is 1. The Kier molecular flexibility index (Phi) is 8.65. The van der Waals surface area contributed by atoms with Crippen molar-refractivity contribution >= 4 is 50.5 Å². The highest BCUT2D eigenvalue weighted by Gasteiger charge is 2.28. The highest BCUT2D eigenvalue weighted by molar-refractivity contribution is 9.10. The average Bonchev–Trinajstić information content (AvgIpc) is 3.00. The monoisotopic (exact) mass is 633 g/mol. The Morgan fingerprint density at radius 2 is 1.79 bits per heavy atom. The third kappa shape index (κ3) is 6.11. The number of anilines is 5. The number of hydrogen-bond donors (Lipinski definition) is 2. The number of aromatic nitrogens is 2. The molecule has 9 nitrogen and oxygen atoms in total. The van der Waals surface area contributed by atoms with Crippen molar-refractivity contribution in [1.29, 1.82) is 0 Å². The second-order valence-electron chi connectivity index (χ2n) is 11.7. The molecule has 6 rings (SSSR count). The number of rotatable bonds is 7. The Hall–Kier alpha value is -3.21.